The minimum absolute atomic E-state index is 0.0296. The summed E-state index contributed by atoms with van der Waals surface area (Å²) in [6, 6.07) is 0. The minimum atomic E-state index is -0.527. The maximum Gasteiger partial charge on any atom is 0.339 e. The fourth-order valence-corrected chi connectivity index (χ4v) is 3.20. The van der Waals surface area contributed by atoms with Crippen molar-refractivity contribution in [2.24, 2.45) is 5.92 Å². The summed E-state index contributed by atoms with van der Waals surface area (Å²) in [5.74, 6) is -0.233. The average Bonchev–Trinajstić information content (AvgIpc) is 2.83. The van der Waals surface area contributed by atoms with Crippen molar-refractivity contribution in [2.75, 3.05) is 20.2 Å². The Hall–Kier alpha value is -2.11. The smallest absolute Gasteiger partial charge is 0.339 e. The number of ketones is 1. The Bertz CT molecular complexity index is 633. The SMILES string of the molecule is COC(=O)c1c(CC(=O)N2CCCC(C)C2)[nH]c(C(C)=O)c1C. The predicted octanol–water partition coefficient (Wildman–Crippen LogP) is 2.11. The summed E-state index contributed by atoms with van der Waals surface area (Å²) in [7, 11) is 1.29. The second-order valence-electron chi connectivity index (χ2n) is 6.29. The number of amides is 1. The fourth-order valence-electron chi connectivity index (χ4n) is 3.20. The van der Waals surface area contributed by atoms with E-state index in [4.69, 9.17) is 4.74 Å². The van der Waals surface area contributed by atoms with Crippen LogP contribution in [0.15, 0.2) is 0 Å². The summed E-state index contributed by atoms with van der Waals surface area (Å²) < 4.78 is 4.80. The van der Waals surface area contributed by atoms with Gasteiger partial charge >= 0.3 is 5.97 Å². The van der Waals surface area contributed by atoms with Crippen molar-refractivity contribution in [1.29, 1.82) is 0 Å². The largest absolute Gasteiger partial charge is 0.465 e. The van der Waals surface area contributed by atoms with Gasteiger partial charge in [0.05, 0.1) is 24.8 Å². The van der Waals surface area contributed by atoms with Gasteiger partial charge in [0.25, 0.3) is 0 Å². The zero-order valence-corrected chi connectivity index (χ0v) is 14.2. The summed E-state index contributed by atoms with van der Waals surface area (Å²) in [5.41, 5.74) is 1.67. The molecule has 1 atom stereocenters. The van der Waals surface area contributed by atoms with E-state index >= 15 is 0 Å². The van der Waals surface area contributed by atoms with Crippen LogP contribution in [0.5, 0.6) is 0 Å². The number of hydrogen-bond donors (Lipinski definition) is 1. The zero-order chi connectivity index (χ0) is 17.1. The maximum atomic E-state index is 12.5. The lowest BCUT2D eigenvalue weighted by molar-refractivity contribution is -0.132. The molecule has 23 heavy (non-hydrogen) atoms. The number of nitrogens with zero attached hydrogens (tertiary/aromatic N) is 1. The number of carbonyl (C=O) groups excluding carboxylic acids is 3. The summed E-state index contributed by atoms with van der Waals surface area (Å²) in [4.78, 5) is 41.0. The molecule has 0 aromatic carbocycles. The Balaban J connectivity index is 2.27. The predicted molar refractivity (Wildman–Crippen MR) is 85.6 cm³/mol. The molecule has 1 fully saturated rings. The quantitative estimate of drug-likeness (QED) is 0.681. The molecule has 1 N–H and O–H groups in total. The molecule has 126 valence electrons. The number of hydrogen-bond acceptors (Lipinski definition) is 4. The van der Waals surface area contributed by atoms with Gasteiger partial charge in [-0.3, -0.25) is 9.59 Å². The van der Waals surface area contributed by atoms with Gasteiger partial charge in [-0.2, -0.15) is 0 Å². The van der Waals surface area contributed by atoms with Gasteiger partial charge in [0.15, 0.2) is 5.78 Å². The molecule has 0 spiro atoms. The number of H-pyrrole nitrogens is 1. The van der Waals surface area contributed by atoms with Crippen LogP contribution in [-0.2, 0) is 16.0 Å². The number of nitrogens with one attached hydrogen (secondary N) is 1. The molecular formula is C17H24N2O4. The van der Waals surface area contributed by atoms with E-state index in [0.717, 1.165) is 25.9 Å². The van der Waals surface area contributed by atoms with Crippen molar-refractivity contribution in [1.82, 2.24) is 9.88 Å². The molecule has 1 aliphatic heterocycles. The molecular weight excluding hydrogens is 296 g/mol. The maximum absolute atomic E-state index is 12.5. The van der Waals surface area contributed by atoms with E-state index in [2.05, 4.69) is 11.9 Å². The van der Waals surface area contributed by atoms with Crippen LogP contribution in [0.2, 0.25) is 0 Å². The van der Waals surface area contributed by atoms with Crippen molar-refractivity contribution in [3.63, 3.8) is 0 Å². The van der Waals surface area contributed by atoms with E-state index in [1.165, 1.54) is 14.0 Å². The highest BCUT2D eigenvalue weighted by Crippen LogP contribution is 2.22. The molecule has 1 amide bonds. The zero-order valence-electron chi connectivity index (χ0n) is 14.2. The number of rotatable bonds is 4. The highest BCUT2D eigenvalue weighted by Gasteiger charge is 2.27. The highest BCUT2D eigenvalue weighted by molar-refractivity contribution is 6.01. The molecule has 1 aliphatic rings. The van der Waals surface area contributed by atoms with Gasteiger partial charge in [-0.15, -0.1) is 0 Å². The van der Waals surface area contributed by atoms with Crippen molar-refractivity contribution in [3.05, 3.63) is 22.5 Å². The van der Waals surface area contributed by atoms with Crippen molar-refractivity contribution in [2.45, 2.75) is 40.0 Å². The first kappa shape index (κ1) is 17.2. The first-order valence-corrected chi connectivity index (χ1v) is 7.93. The summed E-state index contributed by atoms with van der Waals surface area (Å²) >= 11 is 0. The minimum Gasteiger partial charge on any atom is -0.465 e. The van der Waals surface area contributed by atoms with Gasteiger partial charge in [-0.05, 0) is 31.2 Å². The number of aromatic amines is 1. The number of methoxy groups -OCH3 is 1. The fraction of sp³-hybridized carbons (Fsp3) is 0.588. The third-order valence-electron chi connectivity index (χ3n) is 4.41. The first-order valence-electron chi connectivity index (χ1n) is 7.93. The molecule has 1 aromatic heterocycles. The summed E-state index contributed by atoms with van der Waals surface area (Å²) in [5, 5.41) is 0. The van der Waals surface area contributed by atoms with Crippen LogP contribution < -0.4 is 0 Å². The molecule has 6 nitrogen and oxygen atoms in total. The molecule has 1 saturated heterocycles. The van der Waals surface area contributed by atoms with E-state index in [9.17, 15) is 14.4 Å². The Morgan fingerprint density at radius 2 is 2.04 bits per heavy atom. The molecule has 0 saturated carbocycles. The third kappa shape index (κ3) is 3.63. The van der Waals surface area contributed by atoms with Crippen LogP contribution in [0, 0.1) is 12.8 Å². The molecule has 0 radical (unpaired) electrons. The first-order chi connectivity index (χ1) is 10.8. The van der Waals surface area contributed by atoms with Crippen LogP contribution in [0.3, 0.4) is 0 Å². The summed E-state index contributed by atoms with van der Waals surface area (Å²) in [6.07, 6.45) is 2.21. The van der Waals surface area contributed by atoms with E-state index in [1.54, 1.807) is 6.92 Å². The van der Waals surface area contributed by atoms with Gasteiger partial charge in [-0.1, -0.05) is 6.92 Å². The Morgan fingerprint density at radius 3 is 2.61 bits per heavy atom. The monoisotopic (exact) mass is 320 g/mol. The third-order valence-corrected chi connectivity index (χ3v) is 4.41. The van der Waals surface area contributed by atoms with Crippen molar-refractivity contribution in [3.8, 4) is 0 Å². The van der Waals surface area contributed by atoms with Gasteiger partial charge in [-0.25, -0.2) is 4.79 Å². The summed E-state index contributed by atoms with van der Waals surface area (Å²) in [6.45, 7) is 6.74. The lowest BCUT2D eigenvalue weighted by Crippen LogP contribution is -2.40. The Morgan fingerprint density at radius 1 is 1.35 bits per heavy atom. The number of ether oxygens (including phenoxy) is 1. The molecule has 2 heterocycles. The normalized spacial score (nSPS) is 17.9. The number of Topliss-reactive ketones (excluding diaryl/α,β-unsaturated/α-hetero) is 1. The van der Waals surface area contributed by atoms with Gasteiger partial charge in [0, 0.05) is 25.7 Å². The topological polar surface area (TPSA) is 79.5 Å². The standard InChI is InChI=1S/C17H24N2O4/c1-10-6-5-7-19(9-10)14(21)8-13-15(17(22)23-4)11(2)16(18-13)12(3)20/h10,18H,5-9H2,1-4H3. The molecule has 2 rings (SSSR count). The van der Waals surface area contributed by atoms with Crippen LogP contribution in [-0.4, -0.2) is 47.7 Å². The van der Waals surface area contributed by atoms with Gasteiger partial charge < -0.3 is 14.6 Å². The Kier molecular flexibility index (Phi) is 5.23. The molecule has 0 aliphatic carbocycles. The van der Waals surface area contributed by atoms with E-state index in [-0.39, 0.29) is 18.1 Å². The van der Waals surface area contributed by atoms with Crippen LogP contribution >= 0.6 is 0 Å². The number of aromatic nitrogens is 1. The van der Waals surface area contributed by atoms with Crippen LogP contribution in [0.25, 0.3) is 0 Å². The Labute approximate surface area is 136 Å². The van der Waals surface area contributed by atoms with E-state index in [1.807, 2.05) is 4.90 Å². The molecule has 1 unspecified atom stereocenters. The number of likely N-dealkylation sites (tertiary alicyclic amines) is 1. The highest BCUT2D eigenvalue weighted by atomic mass is 16.5. The number of piperidine rings is 1. The van der Waals surface area contributed by atoms with Crippen LogP contribution in [0.1, 0.15) is 58.8 Å². The average molecular weight is 320 g/mol. The number of esters is 1. The molecule has 6 heteroatoms. The van der Waals surface area contributed by atoms with Crippen LogP contribution in [0.4, 0.5) is 0 Å². The molecule has 0 bridgehead atoms. The van der Waals surface area contributed by atoms with Gasteiger partial charge in [0.1, 0.15) is 0 Å². The van der Waals surface area contributed by atoms with Crippen molar-refractivity contribution >= 4 is 17.7 Å². The second-order valence-corrected chi connectivity index (χ2v) is 6.29. The van der Waals surface area contributed by atoms with Gasteiger partial charge in [0.2, 0.25) is 5.91 Å². The molecule has 1 aromatic rings. The lowest BCUT2D eigenvalue weighted by atomic mass is 9.99. The second kappa shape index (κ2) is 6.98. The van der Waals surface area contributed by atoms with E-state index < -0.39 is 5.97 Å². The van der Waals surface area contributed by atoms with Crippen molar-refractivity contribution < 1.29 is 19.1 Å². The lowest BCUT2D eigenvalue weighted by Gasteiger charge is -2.31. The van der Waals surface area contributed by atoms with E-state index in [0.29, 0.717) is 28.4 Å². The number of carbonyl (C=O) groups is 3.